The van der Waals surface area contributed by atoms with Gasteiger partial charge in [-0.15, -0.1) is 6.58 Å². The molecule has 1 aliphatic rings. The van der Waals surface area contributed by atoms with Crippen molar-refractivity contribution < 1.29 is 4.79 Å². The minimum atomic E-state index is 0.0746. The van der Waals surface area contributed by atoms with Crippen LogP contribution in [0.1, 0.15) is 24.4 Å². The maximum absolute atomic E-state index is 11.9. The fraction of sp³-hybridized carbons (Fsp3) is 0.471. The Morgan fingerprint density at radius 3 is 3.05 bits per heavy atom. The molecule has 1 heterocycles. The standard InChI is InChI=1S/C17H25N3O/c1-4-10-18-17(21)13-20-11-6-9-16(20)14-7-5-8-15(12-14)19(2)3/h4-5,7-8,12,16H,1,6,9-11,13H2,2-3H3,(H,18,21). The van der Waals surface area contributed by atoms with Crippen LogP contribution in [0.15, 0.2) is 36.9 Å². The molecule has 0 aromatic heterocycles. The van der Waals surface area contributed by atoms with Gasteiger partial charge in [0.1, 0.15) is 0 Å². The molecule has 1 aromatic carbocycles. The van der Waals surface area contributed by atoms with E-state index in [1.807, 2.05) is 14.1 Å². The second-order valence-electron chi connectivity index (χ2n) is 5.71. The van der Waals surface area contributed by atoms with Gasteiger partial charge in [0.2, 0.25) is 5.91 Å². The number of nitrogens with one attached hydrogen (secondary N) is 1. The zero-order valence-corrected chi connectivity index (χ0v) is 13.0. The van der Waals surface area contributed by atoms with Crippen LogP contribution in [-0.2, 0) is 4.79 Å². The number of anilines is 1. The molecule has 1 atom stereocenters. The van der Waals surface area contributed by atoms with Gasteiger partial charge in [-0.25, -0.2) is 0 Å². The topological polar surface area (TPSA) is 35.6 Å². The number of hydrogen-bond donors (Lipinski definition) is 1. The van der Waals surface area contributed by atoms with E-state index in [2.05, 4.69) is 46.0 Å². The zero-order chi connectivity index (χ0) is 15.2. The van der Waals surface area contributed by atoms with Crippen LogP contribution in [0.3, 0.4) is 0 Å². The molecule has 1 fully saturated rings. The van der Waals surface area contributed by atoms with Gasteiger partial charge in [-0.05, 0) is 37.1 Å². The average Bonchev–Trinajstić information content (AvgIpc) is 2.93. The number of carbonyl (C=O) groups is 1. The highest BCUT2D eigenvalue weighted by Gasteiger charge is 2.27. The van der Waals surface area contributed by atoms with E-state index in [4.69, 9.17) is 0 Å². The van der Waals surface area contributed by atoms with E-state index in [-0.39, 0.29) is 5.91 Å². The summed E-state index contributed by atoms with van der Waals surface area (Å²) in [6.45, 7) is 5.60. The summed E-state index contributed by atoms with van der Waals surface area (Å²) in [5.41, 5.74) is 2.51. The third kappa shape index (κ3) is 4.08. The van der Waals surface area contributed by atoms with Gasteiger partial charge < -0.3 is 10.2 Å². The van der Waals surface area contributed by atoms with Crippen LogP contribution in [0.25, 0.3) is 0 Å². The Hall–Kier alpha value is -1.81. The molecule has 0 radical (unpaired) electrons. The number of benzene rings is 1. The minimum Gasteiger partial charge on any atom is -0.378 e. The largest absolute Gasteiger partial charge is 0.378 e. The second kappa shape index (κ2) is 7.27. The first-order valence-electron chi connectivity index (χ1n) is 7.50. The average molecular weight is 287 g/mol. The van der Waals surface area contributed by atoms with E-state index in [1.54, 1.807) is 6.08 Å². The van der Waals surface area contributed by atoms with E-state index in [0.717, 1.165) is 19.4 Å². The molecule has 4 heteroatoms. The molecule has 1 saturated heterocycles. The smallest absolute Gasteiger partial charge is 0.234 e. The van der Waals surface area contributed by atoms with Gasteiger partial charge in [0.05, 0.1) is 6.54 Å². The van der Waals surface area contributed by atoms with E-state index in [9.17, 15) is 4.79 Å². The number of nitrogens with zero attached hydrogens (tertiary/aromatic N) is 2. The molecular weight excluding hydrogens is 262 g/mol. The summed E-state index contributed by atoms with van der Waals surface area (Å²) in [4.78, 5) is 16.3. The monoisotopic (exact) mass is 287 g/mol. The SMILES string of the molecule is C=CCNC(=O)CN1CCCC1c1cccc(N(C)C)c1. The molecule has 21 heavy (non-hydrogen) atoms. The number of hydrogen-bond acceptors (Lipinski definition) is 3. The van der Waals surface area contributed by atoms with Crippen LogP contribution in [0.4, 0.5) is 5.69 Å². The third-order valence-electron chi connectivity index (χ3n) is 3.93. The van der Waals surface area contributed by atoms with Crippen LogP contribution in [0, 0.1) is 0 Å². The molecular formula is C17H25N3O. The first kappa shape index (κ1) is 15.6. The lowest BCUT2D eigenvalue weighted by Crippen LogP contribution is -2.37. The highest BCUT2D eigenvalue weighted by atomic mass is 16.2. The van der Waals surface area contributed by atoms with Gasteiger partial charge in [-0.3, -0.25) is 9.69 Å². The molecule has 1 aromatic rings. The molecule has 1 amide bonds. The lowest BCUT2D eigenvalue weighted by molar-refractivity contribution is -0.122. The third-order valence-corrected chi connectivity index (χ3v) is 3.93. The second-order valence-corrected chi connectivity index (χ2v) is 5.71. The predicted octanol–water partition coefficient (Wildman–Crippen LogP) is 2.19. The van der Waals surface area contributed by atoms with Crippen molar-refractivity contribution >= 4 is 11.6 Å². The molecule has 114 valence electrons. The summed E-state index contributed by atoms with van der Waals surface area (Å²) in [7, 11) is 4.10. The maximum Gasteiger partial charge on any atom is 0.234 e. The fourth-order valence-corrected chi connectivity index (χ4v) is 2.83. The van der Waals surface area contributed by atoms with Crippen molar-refractivity contribution in [2.45, 2.75) is 18.9 Å². The van der Waals surface area contributed by atoms with Gasteiger partial charge in [0, 0.05) is 32.4 Å². The molecule has 0 spiro atoms. The molecule has 1 N–H and O–H groups in total. The van der Waals surface area contributed by atoms with Crippen molar-refractivity contribution in [2.75, 3.05) is 38.6 Å². The Morgan fingerprint density at radius 1 is 1.52 bits per heavy atom. The van der Waals surface area contributed by atoms with Gasteiger partial charge in [0.15, 0.2) is 0 Å². The van der Waals surface area contributed by atoms with Crippen LogP contribution < -0.4 is 10.2 Å². The van der Waals surface area contributed by atoms with Crippen molar-refractivity contribution in [3.63, 3.8) is 0 Å². The maximum atomic E-state index is 11.9. The van der Waals surface area contributed by atoms with E-state index in [1.165, 1.54) is 11.3 Å². The van der Waals surface area contributed by atoms with E-state index in [0.29, 0.717) is 19.1 Å². The first-order chi connectivity index (χ1) is 10.1. The molecule has 2 rings (SSSR count). The van der Waals surface area contributed by atoms with E-state index < -0.39 is 0 Å². The Bertz CT molecular complexity index is 499. The summed E-state index contributed by atoms with van der Waals surface area (Å²) in [5.74, 6) is 0.0746. The fourth-order valence-electron chi connectivity index (χ4n) is 2.83. The van der Waals surface area contributed by atoms with E-state index >= 15 is 0 Å². The lowest BCUT2D eigenvalue weighted by atomic mass is 10.0. The van der Waals surface area contributed by atoms with Crippen LogP contribution in [0.5, 0.6) is 0 Å². The van der Waals surface area contributed by atoms with Crippen molar-refractivity contribution in [2.24, 2.45) is 0 Å². The predicted molar refractivity (Wildman–Crippen MR) is 87.5 cm³/mol. The molecule has 1 unspecified atom stereocenters. The van der Waals surface area contributed by atoms with Gasteiger partial charge in [-0.1, -0.05) is 18.2 Å². The first-order valence-corrected chi connectivity index (χ1v) is 7.50. The highest BCUT2D eigenvalue weighted by Crippen LogP contribution is 2.32. The Labute approximate surface area is 127 Å². The van der Waals surface area contributed by atoms with Crippen molar-refractivity contribution in [3.05, 3.63) is 42.5 Å². The van der Waals surface area contributed by atoms with Crippen molar-refractivity contribution in [1.29, 1.82) is 0 Å². The molecule has 0 aliphatic carbocycles. The van der Waals surface area contributed by atoms with Crippen molar-refractivity contribution in [1.82, 2.24) is 10.2 Å². The van der Waals surface area contributed by atoms with Gasteiger partial charge in [0.25, 0.3) is 0 Å². The van der Waals surface area contributed by atoms with Crippen LogP contribution in [0.2, 0.25) is 0 Å². The Balaban J connectivity index is 2.06. The highest BCUT2D eigenvalue weighted by molar-refractivity contribution is 5.78. The number of likely N-dealkylation sites (tertiary alicyclic amines) is 1. The normalized spacial score (nSPS) is 18.5. The summed E-state index contributed by atoms with van der Waals surface area (Å²) in [5, 5.41) is 2.85. The van der Waals surface area contributed by atoms with Crippen LogP contribution >= 0.6 is 0 Å². The Kier molecular flexibility index (Phi) is 5.39. The summed E-state index contributed by atoms with van der Waals surface area (Å²) < 4.78 is 0. The molecule has 0 bridgehead atoms. The quantitative estimate of drug-likeness (QED) is 0.815. The Morgan fingerprint density at radius 2 is 2.33 bits per heavy atom. The number of rotatable bonds is 6. The van der Waals surface area contributed by atoms with Crippen molar-refractivity contribution in [3.8, 4) is 0 Å². The molecule has 4 nitrogen and oxygen atoms in total. The summed E-state index contributed by atoms with van der Waals surface area (Å²) >= 11 is 0. The summed E-state index contributed by atoms with van der Waals surface area (Å²) in [6, 6.07) is 8.94. The minimum absolute atomic E-state index is 0.0746. The van der Waals surface area contributed by atoms with Crippen LogP contribution in [-0.4, -0.2) is 44.5 Å². The summed E-state index contributed by atoms with van der Waals surface area (Å²) in [6.07, 6.45) is 3.97. The lowest BCUT2D eigenvalue weighted by Gasteiger charge is -2.25. The zero-order valence-electron chi connectivity index (χ0n) is 13.0. The van der Waals surface area contributed by atoms with Gasteiger partial charge in [-0.2, -0.15) is 0 Å². The molecule has 1 aliphatic heterocycles. The number of carbonyl (C=O) groups excluding carboxylic acids is 1. The van der Waals surface area contributed by atoms with Gasteiger partial charge >= 0.3 is 0 Å². The molecule has 0 saturated carbocycles. The number of amides is 1.